The lowest BCUT2D eigenvalue weighted by atomic mass is 10.2. The van der Waals surface area contributed by atoms with Crippen molar-refractivity contribution in [2.75, 3.05) is 11.1 Å². The fraction of sp³-hybridized carbons (Fsp3) is 0. The number of nitrogen functional groups attached to an aromatic ring is 1. The smallest absolute Gasteiger partial charge is 0.101 e. The van der Waals surface area contributed by atoms with E-state index in [0.717, 1.165) is 11.4 Å². The summed E-state index contributed by atoms with van der Waals surface area (Å²) in [6, 6.07) is 11.1. The molecule has 0 atom stereocenters. The molecule has 3 N–H and O–H groups in total. The normalized spacial score (nSPS) is 9.44. The van der Waals surface area contributed by atoms with Crippen molar-refractivity contribution < 1.29 is 0 Å². The van der Waals surface area contributed by atoms with Gasteiger partial charge in [0.2, 0.25) is 0 Å². The quantitative estimate of drug-likeness (QED) is 0.797. The molecule has 4 nitrogen and oxygen atoms in total. The van der Waals surface area contributed by atoms with E-state index in [0.29, 0.717) is 11.3 Å². The Labute approximate surface area is 93.4 Å². The summed E-state index contributed by atoms with van der Waals surface area (Å²) in [7, 11) is 0. The molecule has 1 heterocycles. The minimum Gasteiger partial charge on any atom is -0.396 e. The standard InChI is InChI=1S/C12H10N4/c13-7-9-3-1-2-4-11(9)16-12-5-6-15-8-10(12)14/h1-6,8H,14H2,(H,15,16). The first-order valence-corrected chi connectivity index (χ1v) is 4.77. The van der Waals surface area contributed by atoms with Gasteiger partial charge in [0.25, 0.3) is 0 Å². The summed E-state index contributed by atoms with van der Waals surface area (Å²) in [5, 5.41) is 12.0. The van der Waals surface area contributed by atoms with Crippen LogP contribution in [0.2, 0.25) is 0 Å². The van der Waals surface area contributed by atoms with Gasteiger partial charge in [-0.3, -0.25) is 4.98 Å². The van der Waals surface area contributed by atoms with Gasteiger partial charge in [0, 0.05) is 6.20 Å². The van der Waals surface area contributed by atoms with E-state index in [4.69, 9.17) is 11.0 Å². The summed E-state index contributed by atoms with van der Waals surface area (Å²) in [6.45, 7) is 0. The number of pyridine rings is 1. The fourth-order valence-corrected chi connectivity index (χ4v) is 1.36. The van der Waals surface area contributed by atoms with Crippen molar-refractivity contribution in [1.29, 1.82) is 5.26 Å². The Kier molecular flexibility index (Phi) is 2.70. The first-order valence-electron chi connectivity index (χ1n) is 4.77. The molecule has 78 valence electrons. The van der Waals surface area contributed by atoms with Gasteiger partial charge in [-0.15, -0.1) is 0 Å². The lowest BCUT2D eigenvalue weighted by Crippen LogP contribution is -1.98. The maximum Gasteiger partial charge on any atom is 0.101 e. The number of nitriles is 1. The second-order valence-electron chi connectivity index (χ2n) is 3.25. The third-order valence-corrected chi connectivity index (χ3v) is 2.17. The van der Waals surface area contributed by atoms with E-state index in [1.165, 1.54) is 0 Å². The molecule has 2 aromatic rings. The van der Waals surface area contributed by atoms with Crippen molar-refractivity contribution in [3.05, 3.63) is 48.3 Å². The topological polar surface area (TPSA) is 74.7 Å². The number of hydrogen-bond acceptors (Lipinski definition) is 4. The molecule has 0 bridgehead atoms. The molecule has 0 aliphatic heterocycles. The molecule has 0 aliphatic rings. The average molecular weight is 210 g/mol. The van der Waals surface area contributed by atoms with Crippen molar-refractivity contribution in [2.24, 2.45) is 0 Å². The largest absolute Gasteiger partial charge is 0.396 e. The molecule has 0 amide bonds. The molecule has 0 fully saturated rings. The molecule has 1 aromatic heterocycles. The summed E-state index contributed by atoms with van der Waals surface area (Å²) >= 11 is 0. The Morgan fingerprint density at radius 1 is 1.19 bits per heavy atom. The number of hydrogen-bond donors (Lipinski definition) is 2. The molecule has 16 heavy (non-hydrogen) atoms. The predicted octanol–water partition coefficient (Wildman–Crippen LogP) is 2.28. The van der Waals surface area contributed by atoms with Crippen molar-refractivity contribution in [1.82, 2.24) is 4.98 Å². The Morgan fingerprint density at radius 3 is 2.75 bits per heavy atom. The monoisotopic (exact) mass is 210 g/mol. The van der Waals surface area contributed by atoms with Gasteiger partial charge in [-0.25, -0.2) is 0 Å². The fourth-order valence-electron chi connectivity index (χ4n) is 1.36. The van der Waals surface area contributed by atoms with Crippen LogP contribution < -0.4 is 11.1 Å². The van der Waals surface area contributed by atoms with E-state index in [1.54, 1.807) is 24.5 Å². The zero-order chi connectivity index (χ0) is 11.4. The third kappa shape index (κ3) is 1.93. The van der Waals surface area contributed by atoms with Crippen molar-refractivity contribution in [3.8, 4) is 6.07 Å². The number of anilines is 3. The molecule has 0 radical (unpaired) electrons. The molecule has 4 heteroatoms. The molecule has 2 rings (SSSR count). The first-order chi connectivity index (χ1) is 7.81. The van der Waals surface area contributed by atoms with E-state index >= 15 is 0 Å². The molecule has 0 aliphatic carbocycles. The second kappa shape index (κ2) is 4.32. The van der Waals surface area contributed by atoms with Crippen LogP contribution in [-0.2, 0) is 0 Å². The van der Waals surface area contributed by atoms with Crippen LogP contribution in [0, 0.1) is 11.3 Å². The Balaban J connectivity index is 2.35. The van der Waals surface area contributed by atoms with Gasteiger partial charge in [-0.2, -0.15) is 5.26 Å². The summed E-state index contributed by atoms with van der Waals surface area (Å²) in [4.78, 5) is 3.90. The van der Waals surface area contributed by atoms with Crippen molar-refractivity contribution in [2.45, 2.75) is 0 Å². The van der Waals surface area contributed by atoms with E-state index in [9.17, 15) is 0 Å². The first kappa shape index (κ1) is 9.99. The van der Waals surface area contributed by atoms with Crippen LogP contribution in [0.15, 0.2) is 42.7 Å². The number of nitrogens with one attached hydrogen (secondary N) is 1. The maximum atomic E-state index is 8.93. The molecule has 0 unspecified atom stereocenters. The summed E-state index contributed by atoms with van der Waals surface area (Å²) in [6.07, 6.45) is 3.21. The Bertz CT molecular complexity index is 543. The van der Waals surface area contributed by atoms with E-state index < -0.39 is 0 Å². The average Bonchev–Trinajstić information content (AvgIpc) is 2.33. The third-order valence-electron chi connectivity index (χ3n) is 2.17. The van der Waals surface area contributed by atoms with Gasteiger partial charge in [0.1, 0.15) is 6.07 Å². The maximum absolute atomic E-state index is 8.93. The van der Waals surface area contributed by atoms with Gasteiger partial charge in [0.15, 0.2) is 0 Å². The molecular formula is C12H10N4. The lowest BCUT2D eigenvalue weighted by Gasteiger charge is -2.09. The van der Waals surface area contributed by atoms with Gasteiger partial charge in [0.05, 0.1) is 28.8 Å². The van der Waals surface area contributed by atoms with Crippen LogP contribution in [-0.4, -0.2) is 4.98 Å². The van der Waals surface area contributed by atoms with Crippen LogP contribution in [0.25, 0.3) is 0 Å². The van der Waals surface area contributed by atoms with Crippen LogP contribution >= 0.6 is 0 Å². The van der Waals surface area contributed by atoms with E-state index in [-0.39, 0.29) is 0 Å². The molecule has 0 saturated carbocycles. The van der Waals surface area contributed by atoms with Crippen molar-refractivity contribution >= 4 is 17.1 Å². The minimum atomic E-state index is 0.551. The number of aromatic nitrogens is 1. The molecular weight excluding hydrogens is 200 g/mol. The molecule has 0 spiro atoms. The highest BCUT2D eigenvalue weighted by Crippen LogP contribution is 2.23. The number of benzene rings is 1. The van der Waals surface area contributed by atoms with E-state index in [1.807, 2.05) is 18.2 Å². The van der Waals surface area contributed by atoms with Gasteiger partial charge in [-0.1, -0.05) is 12.1 Å². The van der Waals surface area contributed by atoms with Gasteiger partial charge < -0.3 is 11.1 Å². The molecule has 1 aromatic carbocycles. The molecule has 0 saturated heterocycles. The summed E-state index contributed by atoms with van der Waals surface area (Å²) < 4.78 is 0. The number of nitrogens with two attached hydrogens (primary N) is 1. The van der Waals surface area contributed by atoms with E-state index in [2.05, 4.69) is 16.4 Å². The zero-order valence-corrected chi connectivity index (χ0v) is 8.51. The van der Waals surface area contributed by atoms with Crippen LogP contribution in [0.5, 0.6) is 0 Å². The Morgan fingerprint density at radius 2 is 2.00 bits per heavy atom. The lowest BCUT2D eigenvalue weighted by molar-refractivity contribution is 1.33. The highest BCUT2D eigenvalue weighted by atomic mass is 14.9. The Hall–Kier alpha value is -2.54. The summed E-state index contributed by atoms with van der Waals surface area (Å²) in [5.74, 6) is 0. The number of nitrogens with zero attached hydrogens (tertiary/aromatic N) is 2. The second-order valence-corrected chi connectivity index (χ2v) is 3.25. The minimum absolute atomic E-state index is 0.551. The number of para-hydroxylation sites is 1. The SMILES string of the molecule is N#Cc1ccccc1Nc1ccncc1N. The highest BCUT2D eigenvalue weighted by Gasteiger charge is 2.02. The van der Waals surface area contributed by atoms with Crippen LogP contribution in [0.4, 0.5) is 17.1 Å². The zero-order valence-electron chi connectivity index (χ0n) is 8.51. The predicted molar refractivity (Wildman–Crippen MR) is 63.1 cm³/mol. The van der Waals surface area contributed by atoms with Gasteiger partial charge >= 0.3 is 0 Å². The van der Waals surface area contributed by atoms with Crippen molar-refractivity contribution in [3.63, 3.8) is 0 Å². The number of rotatable bonds is 2. The van der Waals surface area contributed by atoms with Crippen LogP contribution in [0.3, 0.4) is 0 Å². The van der Waals surface area contributed by atoms with Gasteiger partial charge in [-0.05, 0) is 18.2 Å². The summed E-state index contributed by atoms with van der Waals surface area (Å²) in [5.41, 5.74) is 8.37. The van der Waals surface area contributed by atoms with Crippen LogP contribution in [0.1, 0.15) is 5.56 Å². The highest BCUT2D eigenvalue weighted by molar-refractivity contribution is 5.74.